The zero-order valence-corrected chi connectivity index (χ0v) is 17.0. The molecule has 0 radical (unpaired) electrons. The molecule has 150 valence electrons. The van der Waals surface area contributed by atoms with Gasteiger partial charge in [0, 0.05) is 31.4 Å². The zero-order valence-electron chi connectivity index (χ0n) is 15.4. The molecular weight excluding hydrogens is 404 g/mol. The van der Waals surface area contributed by atoms with E-state index in [1.165, 1.54) is 20.2 Å². The van der Waals surface area contributed by atoms with Gasteiger partial charge in [0.25, 0.3) is 0 Å². The third kappa shape index (κ3) is 5.95. The van der Waals surface area contributed by atoms with E-state index in [-0.39, 0.29) is 18.0 Å². The van der Waals surface area contributed by atoms with Gasteiger partial charge < -0.3 is 16.0 Å². The Kier molecular flexibility index (Phi) is 7.38. The van der Waals surface area contributed by atoms with Crippen molar-refractivity contribution in [3.8, 4) is 0 Å². The van der Waals surface area contributed by atoms with Gasteiger partial charge in [0.05, 0.1) is 11.4 Å². The molecule has 3 N–H and O–H groups in total. The SMILES string of the molecule is CN(C)S(=O)(=O)c1ccccc1CNC(=O)NCC(=O)Nc1ccc(Cl)cc1. The van der Waals surface area contributed by atoms with E-state index < -0.39 is 22.0 Å². The van der Waals surface area contributed by atoms with Gasteiger partial charge in [-0.25, -0.2) is 17.5 Å². The topological polar surface area (TPSA) is 108 Å². The van der Waals surface area contributed by atoms with Crippen LogP contribution >= 0.6 is 11.6 Å². The van der Waals surface area contributed by atoms with E-state index in [0.29, 0.717) is 16.3 Å². The molecule has 0 aliphatic heterocycles. The Labute approximate surface area is 168 Å². The second-order valence-corrected chi connectivity index (χ2v) is 8.54. The molecule has 0 spiro atoms. The number of benzene rings is 2. The summed E-state index contributed by atoms with van der Waals surface area (Å²) < 4.78 is 25.8. The highest BCUT2D eigenvalue weighted by Crippen LogP contribution is 2.18. The normalized spacial score (nSPS) is 11.1. The van der Waals surface area contributed by atoms with Crippen LogP contribution in [-0.2, 0) is 21.4 Å². The second kappa shape index (κ2) is 9.54. The molecule has 0 aliphatic carbocycles. The summed E-state index contributed by atoms with van der Waals surface area (Å²) in [6, 6.07) is 12.3. The molecule has 0 fully saturated rings. The summed E-state index contributed by atoms with van der Waals surface area (Å²) in [5.74, 6) is -0.409. The molecule has 0 saturated heterocycles. The second-order valence-electron chi connectivity index (χ2n) is 5.99. The first-order valence-electron chi connectivity index (χ1n) is 8.27. The highest BCUT2D eigenvalue weighted by molar-refractivity contribution is 7.89. The summed E-state index contributed by atoms with van der Waals surface area (Å²) >= 11 is 5.77. The van der Waals surface area contributed by atoms with Gasteiger partial charge in [-0.2, -0.15) is 0 Å². The van der Waals surface area contributed by atoms with Crippen LogP contribution in [0.2, 0.25) is 5.02 Å². The van der Waals surface area contributed by atoms with Gasteiger partial charge >= 0.3 is 6.03 Å². The molecule has 0 unspecified atom stereocenters. The van der Waals surface area contributed by atoms with Gasteiger partial charge in [0.15, 0.2) is 0 Å². The first-order chi connectivity index (χ1) is 13.2. The highest BCUT2D eigenvalue weighted by Gasteiger charge is 2.20. The molecule has 0 heterocycles. The number of halogens is 1. The number of amides is 3. The largest absolute Gasteiger partial charge is 0.334 e. The smallest absolute Gasteiger partial charge is 0.315 e. The maximum atomic E-state index is 12.3. The molecule has 0 atom stereocenters. The van der Waals surface area contributed by atoms with Crippen molar-refractivity contribution >= 4 is 39.2 Å². The van der Waals surface area contributed by atoms with Crippen LogP contribution < -0.4 is 16.0 Å². The Bertz CT molecular complexity index is 946. The summed E-state index contributed by atoms with van der Waals surface area (Å²) in [4.78, 5) is 23.9. The summed E-state index contributed by atoms with van der Waals surface area (Å²) in [6.07, 6.45) is 0. The highest BCUT2D eigenvalue weighted by atomic mass is 35.5. The van der Waals surface area contributed by atoms with Gasteiger partial charge in [-0.3, -0.25) is 4.79 Å². The fourth-order valence-corrected chi connectivity index (χ4v) is 3.48. The minimum absolute atomic E-state index is 0.00607. The Hall–Kier alpha value is -2.62. The van der Waals surface area contributed by atoms with Gasteiger partial charge in [-0.1, -0.05) is 29.8 Å². The third-order valence-corrected chi connectivity index (χ3v) is 5.88. The zero-order chi connectivity index (χ0) is 20.7. The maximum Gasteiger partial charge on any atom is 0.315 e. The molecule has 28 heavy (non-hydrogen) atoms. The maximum absolute atomic E-state index is 12.3. The average molecular weight is 425 g/mol. The number of carbonyl (C=O) groups is 2. The number of anilines is 1. The van der Waals surface area contributed by atoms with Crippen molar-refractivity contribution in [2.24, 2.45) is 0 Å². The molecule has 8 nitrogen and oxygen atoms in total. The quantitative estimate of drug-likeness (QED) is 0.632. The lowest BCUT2D eigenvalue weighted by Gasteiger charge is -2.15. The number of nitrogens with one attached hydrogen (secondary N) is 3. The number of rotatable bonds is 7. The molecule has 2 rings (SSSR count). The molecule has 10 heteroatoms. The van der Waals surface area contributed by atoms with E-state index in [1.54, 1.807) is 42.5 Å². The molecule has 2 aromatic carbocycles. The van der Waals surface area contributed by atoms with E-state index >= 15 is 0 Å². The van der Waals surface area contributed by atoms with E-state index in [1.807, 2.05) is 0 Å². The first-order valence-corrected chi connectivity index (χ1v) is 10.1. The van der Waals surface area contributed by atoms with Crippen molar-refractivity contribution in [1.82, 2.24) is 14.9 Å². The summed E-state index contributed by atoms with van der Waals surface area (Å²) in [5.41, 5.74) is 0.997. The molecule has 0 saturated carbocycles. The van der Waals surface area contributed by atoms with Crippen LogP contribution in [0.5, 0.6) is 0 Å². The predicted octanol–water partition coefficient (Wildman–Crippen LogP) is 2.03. The minimum Gasteiger partial charge on any atom is -0.334 e. The molecule has 0 aliphatic rings. The third-order valence-electron chi connectivity index (χ3n) is 3.71. The van der Waals surface area contributed by atoms with Crippen molar-refractivity contribution in [2.45, 2.75) is 11.4 Å². The van der Waals surface area contributed by atoms with Crippen LogP contribution in [0.25, 0.3) is 0 Å². The summed E-state index contributed by atoms with van der Waals surface area (Å²) in [6.45, 7) is -0.250. The number of hydrogen-bond donors (Lipinski definition) is 3. The van der Waals surface area contributed by atoms with Crippen LogP contribution in [0.3, 0.4) is 0 Å². The van der Waals surface area contributed by atoms with Crippen molar-refractivity contribution in [2.75, 3.05) is 26.0 Å². The van der Waals surface area contributed by atoms with Crippen LogP contribution in [0, 0.1) is 0 Å². The first kappa shape index (κ1) is 21.7. The van der Waals surface area contributed by atoms with E-state index in [9.17, 15) is 18.0 Å². The summed E-state index contributed by atoms with van der Waals surface area (Å²) in [5, 5.41) is 8.13. The molecule has 0 bridgehead atoms. The Morgan fingerprint density at radius 1 is 1.00 bits per heavy atom. The average Bonchev–Trinajstić information content (AvgIpc) is 2.66. The Balaban J connectivity index is 1.88. The van der Waals surface area contributed by atoms with Gasteiger partial charge in [0.1, 0.15) is 0 Å². The number of urea groups is 1. The number of nitrogens with zero attached hydrogens (tertiary/aromatic N) is 1. The molecule has 0 aromatic heterocycles. The standard InChI is InChI=1S/C18H21ClN4O4S/c1-23(2)28(26,27)16-6-4-3-5-13(16)11-20-18(25)21-12-17(24)22-15-9-7-14(19)8-10-15/h3-10H,11-12H2,1-2H3,(H,22,24)(H2,20,21,25). The van der Waals surface area contributed by atoms with Crippen LogP contribution in [-0.4, -0.2) is 45.3 Å². The van der Waals surface area contributed by atoms with Crippen molar-refractivity contribution in [3.05, 3.63) is 59.1 Å². The number of hydrogen-bond acceptors (Lipinski definition) is 4. The lowest BCUT2D eigenvalue weighted by atomic mass is 10.2. The van der Waals surface area contributed by atoms with Crippen LogP contribution in [0.15, 0.2) is 53.4 Å². The van der Waals surface area contributed by atoms with E-state index in [0.717, 1.165) is 4.31 Å². The predicted molar refractivity (Wildman–Crippen MR) is 108 cm³/mol. The lowest BCUT2D eigenvalue weighted by Crippen LogP contribution is -2.40. The van der Waals surface area contributed by atoms with Gasteiger partial charge in [-0.05, 0) is 35.9 Å². The fraction of sp³-hybridized carbons (Fsp3) is 0.222. The van der Waals surface area contributed by atoms with Gasteiger partial charge in [0.2, 0.25) is 15.9 Å². The molecule has 3 amide bonds. The van der Waals surface area contributed by atoms with Crippen LogP contribution in [0.1, 0.15) is 5.56 Å². The molecular formula is C18H21ClN4O4S. The summed E-state index contributed by atoms with van der Waals surface area (Å²) in [7, 11) is -0.759. The number of carbonyl (C=O) groups excluding carboxylic acids is 2. The van der Waals surface area contributed by atoms with Crippen molar-refractivity contribution < 1.29 is 18.0 Å². The van der Waals surface area contributed by atoms with E-state index in [2.05, 4.69) is 16.0 Å². The van der Waals surface area contributed by atoms with Crippen molar-refractivity contribution in [3.63, 3.8) is 0 Å². The van der Waals surface area contributed by atoms with Gasteiger partial charge in [-0.15, -0.1) is 0 Å². The molecule has 2 aromatic rings. The Morgan fingerprint density at radius 3 is 2.29 bits per heavy atom. The Morgan fingerprint density at radius 2 is 1.64 bits per heavy atom. The lowest BCUT2D eigenvalue weighted by molar-refractivity contribution is -0.115. The van der Waals surface area contributed by atoms with Crippen molar-refractivity contribution in [1.29, 1.82) is 0 Å². The number of sulfonamides is 1. The fourth-order valence-electron chi connectivity index (χ4n) is 2.24. The van der Waals surface area contributed by atoms with E-state index in [4.69, 9.17) is 11.6 Å². The minimum atomic E-state index is -3.63. The monoisotopic (exact) mass is 424 g/mol. The van der Waals surface area contributed by atoms with Crippen LogP contribution in [0.4, 0.5) is 10.5 Å².